The molecule has 0 bridgehead atoms. The number of amides is 1. The monoisotopic (exact) mass is 334 g/mol. The van der Waals surface area contributed by atoms with Crippen LogP contribution in [0.25, 0.3) is 0 Å². The maximum absolute atomic E-state index is 12.5. The molecule has 1 saturated heterocycles. The van der Waals surface area contributed by atoms with Crippen molar-refractivity contribution in [2.45, 2.75) is 44.1 Å². The molecule has 1 aliphatic carbocycles. The second-order valence-corrected chi connectivity index (χ2v) is 7.30. The first-order valence-corrected chi connectivity index (χ1v) is 9.47. The zero-order valence-electron chi connectivity index (χ0n) is 14.7. The van der Waals surface area contributed by atoms with Crippen LogP contribution in [0.5, 0.6) is 0 Å². The Balaban J connectivity index is 1.27. The number of benzene rings is 2. The molecule has 3 heteroatoms. The van der Waals surface area contributed by atoms with Crippen LogP contribution in [0.1, 0.15) is 42.7 Å². The van der Waals surface area contributed by atoms with Gasteiger partial charge in [0.25, 0.3) is 0 Å². The lowest BCUT2D eigenvalue weighted by Crippen LogP contribution is -2.44. The molecule has 0 aromatic heterocycles. The second kappa shape index (κ2) is 7.30. The predicted octanol–water partition coefficient (Wildman–Crippen LogP) is 3.89. The standard InChI is InChI=1S/C22H26N2O/c25-22(16-18-11-10-17-6-4-5-9-21(17)18)23-19-12-14-24(15-13-19)20-7-2-1-3-8-20/h1-9,18-19H,10-16H2,(H,23,25). The van der Waals surface area contributed by atoms with Gasteiger partial charge in [0.05, 0.1) is 0 Å². The first-order chi connectivity index (χ1) is 12.3. The highest BCUT2D eigenvalue weighted by atomic mass is 16.1. The molecule has 130 valence electrons. The highest BCUT2D eigenvalue weighted by Gasteiger charge is 2.26. The van der Waals surface area contributed by atoms with E-state index in [0.29, 0.717) is 18.4 Å². The molecule has 0 spiro atoms. The molecule has 2 aliphatic rings. The number of nitrogens with zero attached hydrogens (tertiary/aromatic N) is 1. The number of aryl methyl sites for hydroxylation is 1. The summed E-state index contributed by atoms with van der Waals surface area (Å²) in [6.45, 7) is 2.03. The average Bonchev–Trinajstić information content (AvgIpc) is 3.06. The fourth-order valence-corrected chi connectivity index (χ4v) is 4.29. The molecule has 25 heavy (non-hydrogen) atoms. The van der Waals surface area contributed by atoms with Gasteiger partial charge < -0.3 is 10.2 Å². The van der Waals surface area contributed by atoms with Crippen LogP contribution in [0.3, 0.4) is 0 Å². The predicted molar refractivity (Wildman–Crippen MR) is 102 cm³/mol. The Bertz CT molecular complexity index is 720. The number of anilines is 1. The summed E-state index contributed by atoms with van der Waals surface area (Å²) in [6, 6.07) is 19.5. The van der Waals surface area contributed by atoms with E-state index in [1.54, 1.807) is 0 Å². The number of carbonyl (C=O) groups is 1. The van der Waals surface area contributed by atoms with Gasteiger partial charge in [-0.1, -0.05) is 42.5 Å². The van der Waals surface area contributed by atoms with Crippen molar-refractivity contribution in [1.82, 2.24) is 5.32 Å². The number of hydrogen-bond donors (Lipinski definition) is 1. The van der Waals surface area contributed by atoms with E-state index in [9.17, 15) is 4.79 Å². The van der Waals surface area contributed by atoms with Crippen LogP contribution in [-0.2, 0) is 11.2 Å². The van der Waals surface area contributed by atoms with Gasteiger partial charge in [0.15, 0.2) is 0 Å². The lowest BCUT2D eigenvalue weighted by molar-refractivity contribution is -0.122. The minimum atomic E-state index is 0.222. The summed E-state index contributed by atoms with van der Waals surface area (Å²) in [4.78, 5) is 14.9. The summed E-state index contributed by atoms with van der Waals surface area (Å²) in [5.41, 5.74) is 4.10. The number of para-hydroxylation sites is 1. The quantitative estimate of drug-likeness (QED) is 0.920. The van der Waals surface area contributed by atoms with Crippen LogP contribution in [0.2, 0.25) is 0 Å². The molecular formula is C22H26N2O. The normalized spacial score (nSPS) is 20.3. The third kappa shape index (κ3) is 3.71. The lowest BCUT2D eigenvalue weighted by Gasteiger charge is -2.34. The molecule has 2 aromatic carbocycles. The number of fused-ring (bicyclic) bond motifs is 1. The van der Waals surface area contributed by atoms with Crippen LogP contribution in [-0.4, -0.2) is 25.0 Å². The van der Waals surface area contributed by atoms with E-state index in [4.69, 9.17) is 0 Å². The SMILES string of the molecule is O=C(CC1CCc2ccccc21)NC1CCN(c2ccccc2)CC1. The van der Waals surface area contributed by atoms with Crippen LogP contribution in [0, 0.1) is 0 Å². The van der Waals surface area contributed by atoms with E-state index in [1.165, 1.54) is 16.8 Å². The highest BCUT2D eigenvalue weighted by molar-refractivity contribution is 5.77. The van der Waals surface area contributed by atoms with Crippen molar-refractivity contribution in [1.29, 1.82) is 0 Å². The van der Waals surface area contributed by atoms with Gasteiger partial charge in [0.1, 0.15) is 0 Å². The molecule has 1 amide bonds. The van der Waals surface area contributed by atoms with E-state index in [0.717, 1.165) is 38.8 Å². The highest BCUT2D eigenvalue weighted by Crippen LogP contribution is 2.35. The van der Waals surface area contributed by atoms with Gasteiger partial charge in [-0.2, -0.15) is 0 Å². The first kappa shape index (κ1) is 16.2. The fourth-order valence-electron chi connectivity index (χ4n) is 4.29. The van der Waals surface area contributed by atoms with Crippen LogP contribution in [0.4, 0.5) is 5.69 Å². The number of nitrogens with one attached hydrogen (secondary N) is 1. The number of rotatable bonds is 4. The van der Waals surface area contributed by atoms with Gasteiger partial charge in [-0.25, -0.2) is 0 Å². The number of hydrogen-bond acceptors (Lipinski definition) is 2. The van der Waals surface area contributed by atoms with Gasteiger partial charge in [0.2, 0.25) is 5.91 Å². The van der Waals surface area contributed by atoms with Crippen molar-refractivity contribution in [2.75, 3.05) is 18.0 Å². The summed E-state index contributed by atoms with van der Waals surface area (Å²) in [6.07, 6.45) is 4.92. The smallest absolute Gasteiger partial charge is 0.220 e. The molecule has 0 radical (unpaired) electrons. The molecule has 2 aromatic rings. The van der Waals surface area contributed by atoms with Crippen molar-refractivity contribution >= 4 is 11.6 Å². The summed E-state index contributed by atoms with van der Waals surface area (Å²) < 4.78 is 0. The molecule has 1 fully saturated rings. The van der Waals surface area contributed by atoms with Crippen LogP contribution < -0.4 is 10.2 Å². The van der Waals surface area contributed by atoms with E-state index < -0.39 is 0 Å². The van der Waals surface area contributed by atoms with Crippen molar-refractivity contribution in [3.05, 3.63) is 65.7 Å². The van der Waals surface area contributed by atoms with E-state index in [1.807, 2.05) is 0 Å². The largest absolute Gasteiger partial charge is 0.371 e. The number of piperidine rings is 1. The average molecular weight is 334 g/mol. The second-order valence-electron chi connectivity index (χ2n) is 7.30. The Morgan fingerprint density at radius 2 is 1.68 bits per heavy atom. The number of carbonyl (C=O) groups excluding carboxylic acids is 1. The molecule has 0 saturated carbocycles. The van der Waals surface area contributed by atoms with E-state index in [2.05, 4.69) is 64.8 Å². The lowest BCUT2D eigenvalue weighted by atomic mass is 9.97. The van der Waals surface area contributed by atoms with Crippen LogP contribution >= 0.6 is 0 Å². The van der Waals surface area contributed by atoms with Gasteiger partial charge >= 0.3 is 0 Å². The minimum Gasteiger partial charge on any atom is -0.371 e. The topological polar surface area (TPSA) is 32.3 Å². The Kier molecular flexibility index (Phi) is 4.73. The molecule has 4 rings (SSSR count). The summed E-state index contributed by atoms with van der Waals surface area (Å²) >= 11 is 0. The van der Waals surface area contributed by atoms with Gasteiger partial charge in [-0.05, 0) is 54.9 Å². The maximum Gasteiger partial charge on any atom is 0.220 e. The third-order valence-electron chi connectivity index (χ3n) is 5.67. The molecule has 1 unspecified atom stereocenters. The van der Waals surface area contributed by atoms with Gasteiger partial charge in [-0.15, -0.1) is 0 Å². The molecule has 1 heterocycles. The zero-order chi connectivity index (χ0) is 17.1. The van der Waals surface area contributed by atoms with Crippen LogP contribution in [0.15, 0.2) is 54.6 Å². The fraction of sp³-hybridized carbons (Fsp3) is 0.409. The maximum atomic E-state index is 12.5. The summed E-state index contributed by atoms with van der Waals surface area (Å²) in [5, 5.41) is 3.28. The Hall–Kier alpha value is -2.29. The van der Waals surface area contributed by atoms with E-state index >= 15 is 0 Å². The molecular weight excluding hydrogens is 308 g/mol. The van der Waals surface area contributed by atoms with Crippen molar-refractivity contribution in [3.63, 3.8) is 0 Å². The molecule has 1 atom stereocenters. The van der Waals surface area contributed by atoms with Crippen molar-refractivity contribution < 1.29 is 4.79 Å². The Morgan fingerprint density at radius 1 is 0.960 bits per heavy atom. The molecule has 1 N–H and O–H groups in total. The molecule has 3 nitrogen and oxygen atoms in total. The van der Waals surface area contributed by atoms with Crippen molar-refractivity contribution in [3.8, 4) is 0 Å². The zero-order valence-corrected chi connectivity index (χ0v) is 14.7. The Labute approximate surface area is 150 Å². The third-order valence-corrected chi connectivity index (χ3v) is 5.67. The summed E-state index contributed by atoms with van der Waals surface area (Å²) in [7, 11) is 0. The first-order valence-electron chi connectivity index (χ1n) is 9.47. The molecule has 1 aliphatic heterocycles. The minimum absolute atomic E-state index is 0.222. The van der Waals surface area contributed by atoms with Crippen molar-refractivity contribution in [2.24, 2.45) is 0 Å². The van der Waals surface area contributed by atoms with E-state index in [-0.39, 0.29) is 5.91 Å². The summed E-state index contributed by atoms with van der Waals surface area (Å²) in [5.74, 6) is 0.625. The van der Waals surface area contributed by atoms with Gasteiger partial charge in [0, 0.05) is 31.2 Å². The van der Waals surface area contributed by atoms with Gasteiger partial charge in [-0.3, -0.25) is 4.79 Å². The Morgan fingerprint density at radius 3 is 2.48 bits per heavy atom.